The number of hydrogen-bond donors (Lipinski definition) is 2. The number of aromatic hydroxyl groups is 1. The van der Waals surface area contributed by atoms with Crippen molar-refractivity contribution in [3.63, 3.8) is 0 Å². The minimum atomic E-state index is -0.536. The molecule has 0 saturated heterocycles. The van der Waals surface area contributed by atoms with Crippen LogP contribution in [0.4, 0.5) is 17.2 Å². The van der Waals surface area contributed by atoms with Crippen molar-refractivity contribution in [1.29, 1.82) is 5.26 Å². The SMILES string of the molecule is N#Cc1cnn(C2=NCCC=N2)c1N=Nc1c(O)c(C(=O)Nc2ccc(Cl)cc2)cc2ccccc12. The summed E-state index contributed by atoms with van der Waals surface area (Å²) in [5, 5.41) is 37.8. The Balaban J connectivity index is 1.58. The molecule has 1 amide bonds. The summed E-state index contributed by atoms with van der Waals surface area (Å²) in [7, 11) is 0. The second kappa shape index (κ2) is 9.77. The van der Waals surface area contributed by atoms with Gasteiger partial charge in [0.2, 0.25) is 5.96 Å². The van der Waals surface area contributed by atoms with E-state index >= 15 is 0 Å². The summed E-state index contributed by atoms with van der Waals surface area (Å²) in [6.45, 7) is 0.535. The summed E-state index contributed by atoms with van der Waals surface area (Å²) in [6.07, 6.45) is 3.76. The summed E-state index contributed by atoms with van der Waals surface area (Å²) in [4.78, 5) is 21.6. The Morgan fingerprint density at radius 2 is 1.97 bits per heavy atom. The molecule has 0 bridgehead atoms. The minimum Gasteiger partial charge on any atom is -0.505 e. The fourth-order valence-corrected chi connectivity index (χ4v) is 3.74. The third kappa shape index (κ3) is 4.43. The summed E-state index contributed by atoms with van der Waals surface area (Å²) in [6, 6.07) is 17.3. The summed E-state index contributed by atoms with van der Waals surface area (Å²) in [5.74, 6) is -0.510. The van der Waals surface area contributed by atoms with Gasteiger partial charge in [0.25, 0.3) is 5.91 Å². The third-order valence-corrected chi connectivity index (χ3v) is 5.61. The van der Waals surface area contributed by atoms with E-state index in [9.17, 15) is 15.2 Å². The van der Waals surface area contributed by atoms with Crippen LogP contribution in [0, 0.1) is 11.3 Å². The van der Waals surface area contributed by atoms with Crippen molar-refractivity contribution >= 4 is 57.6 Å². The molecule has 1 aliphatic heterocycles. The van der Waals surface area contributed by atoms with Crippen LogP contribution in [0.3, 0.4) is 0 Å². The van der Waals surface area contributed by atoms with Crippen LogP contribution in [0.15, 0.2) is 81.0 Å². The fraction of sp³-hybridized carbons (Fsp3) is 0.0800. The minimum absolute atomic E-state index is 0.00729. The zero-order valence-corrected chi connectivity index (χ0v) is 19.4. The van der Waals surface area contributed by atoms with Gasteiger partial charge >= 0.3 is 0 Å². The third-order valence-electron chi connectivity index (χ3n) is 5.36. The van der Waals surface area contributed by atoms with Gasteiger partial charge in [-0.2, -0.15) is 15.0 Å². The van der Waals surface area contributed by atoms with Gasteiger partial charge in [0.15, 0.2) is 11.6 Å². The molecule has 0 fully saturated rings. The number of amides is 1. The lowest BCUT2D eigenvalue weighted by atomic mass is 10.0. The number of rotatable bonds is 4. The Hall–Kier alpha value is -4.88. The zero-order valence-electron chi connectivity index (χ0n) is 18.6. The summed E-state index contributed by atoms with van der Waals surface area (Å²) < 4.78 is 1.31. The van der Waals surface area contributed by atoms with Crippen molar-refractivity contribution in [2.45, 2.75) is 6.42 Å². The smallest absolute Gasteiger partial charge is 0.259 e. The van der Waals surface area contributed by atoms with E-state index in [4.69, 9.17) is 11.6 Å². The summed E-state index contributed by atoms with van der Waals surface area (Å²) in [5.41, 5.74) is 0.743. The first kappa shape index (κ1) is 22.9. The molecule has 0 radical (unpaired) electrons. The molecule has 0 saturated carbocycles. The van der Waals surface area contributed by atoms with E-state index in [1.807, 2.05) is 12.1 Å². The van der Waals surface area contributed by atoms with E-state index in [1.165, 1.54) is 10.9 Å². The second-order valence-corrected chi connectivity index (χ2v) is 8.13. The first-order valence-electron chi connectivity index (χ1n) is 10.8. The molecule has 0 spiro atoms. The number of halogens is 1. The highest BCUT2D eigenvalue weighted by Crippen LogP contribution is 2.40. The van der Waals surface area contributed by atoms with Crippen molar-refractivity contribution in [2.75, 3.05) is 11.9 Å². The van der Waals surface area contributed by atoms with E-state index in [0.29, 0.717) is 34.4 Å². The number of aliphatic imine (C=N–C) groups is 2. The Kier molecular flexibility index (Phi) is 6.21. The highest BCUT2D eigenvalue weighted by Gasteiger charge is 2.20. The molecular formula is C25H17ClN8O2. The molecule has 0 atom stereocenters. The lowest BCUT2D eigenvalue weighted by Crippen LogP contribution is -2.14. The van der Waals surface area contributed by atoms with E-state index in [-0.39, 0.29) is 34.3 Å². The number of aromatic nitrogens is 2. The maximum atomic E-state index is 13.0. The highest BCUT2D eigenvalue weighted by atomic mass is 35.5. The number of phenolic OH excluding ortho intramolecular Hbond substituents is 1. The van der Waals surface area contributed by atoms with Crippen LogP contribution in [0.25, 0.3) is 10.8 Å². The Morgan fingerprint density at radius 3 is 2.72 bits per heavy atom. The van der Waals surface area contributed by atoms with Crippen molar-refractivity contribution in [2.24, 2.45) is 20.2 Å². The number of nitrogens with one attached hydrogen (secondary N) is 1. The largest absolute Gasteiger partial charge is 0.505 e. The molecule has 1 aromatic heterocycles. The number of nitriles is 1. The molecule has 0 aliphatic carbocycles. The van der Waals surface area contributed by atoms with E-state index < -0.39 is 5.91 Å². The summed E-state index contributed by atoms with van der Waals surface area (Å²) >= 11 is 5.92. The van der Waals surface area contributed by atoms with Crippen molar-refractivity contribution < 1.29 is 9.90 Å². The fourth-order valence-electron chi connectivity index (χ4n) is 3.62. The van der Waals surface area contributed by atoms with Gasteiger partial charge in [-0.1, -0.05) is 35.9 Å². The molecule has 4 aromatic rings. The Morgan fingerprint density at radius 1 is 1.17 bits per heavy atom. The number of fused-ring (bicyclic) bond motifs is 1. The van der Waals surface area contributed by atoms with Crippen LogP contribution in [-0.4, -0.2) is 39.5 Å². The van der Waals surface area contributed by atoms with Crippen molar-refractivity contribution in [3.8, 4) is 11.8 Å². The second-order valence-electron chi connectivity index (χ2n) is 7.69. The molecule has 10 nitrogen and oxygen atoms in total. The maximum absolute atomic E-state index is 13.0. The number of benzene rings is 3. The van der Waals surface area contributed by atoms with E-state index in [0.717, 1.165) is 0 Å². The normalized spacial score (nSPS) is 13.1. The maximum Gasteiger partial charge on any atom is 0.259 e. The molecule has 1 aliphatic rings. The molecule has 2 heterocycles. The van der Waals surface area contributed by atoms with Crippen LogP contribution >= 0.6 is 11.6 Å². The van der Waals surface area contributed by atoms with Crippen molar-refractivity contribution in [3.05, 3.63) is 76.9 Å². The predicted octanol–water partition coefficient (Wildman–Crippen LogP) is 5.61. The van der Waals surface area contributed by atoms with Gasteiger partial charge in [-0.3, -0.25) is 4.79 Å². The Bertz CT molecular complexity index is 1610. The van der Waals surface area contributed by atoms with Gasteiger partial charge in [0, 0.05) is 35.3 Å². The first-order chi connectivity index (χ1) is 17.5. The van der Waals surface area contributed by atoms with Crippen LogP contribution in [0.5, 0.6) is 5.75 Å². The molecule has 11 heteroatoms. The zero-order chi connectivity index (χ0) is 25.1. The van der Waals surface area contributed by atoms with Gasteiger partial charge in [-0.25, -0.2) is 9.98 Å². The molecule has 3 aromatic carbocycles. The van der Waals surface area contributed by atoms with E-state index in [1.54, 1.807) is 54.7 Å². The van der Waals surface area contributed by atoms with Gasteiger partial charge in [0.1, 0.15) is 17.3 Å². The standard InChI is InChI=1S/C25H17ClN8O2/c26-17-6-8-18(9-7-17)31-24(36)20-12-15-4-1-2-5-19(15)21(22(20)35)32-33-23-16(13-27)14-30-34(23)25-28-10-3-11-29-25/h1-2,4-10,12,14,35H,3,11H2,(H,31,36). The molecule has 0 unspecified atom stereocenters. The lowest BCUT2D eigenvalue weighted by molar-refractivity contribution is 0.102. The van der Waals surface area contributed by atoms with Crippen LogP contribution in [0.2, 0.25) is 5.02 Å². The van der Waals surface area contributed by atoms with Gasteiger partial charge in [-0.15, -0.1) is 10.2 Å². The number of carbonyl (C=O) groups excluding carboxylic acids is 1. The van der Waals surface area contributed by atoms with E-state index in [2.05, 4.69) is 30.6 Å². The lowest BCUT2D eigenvalue weighted by Gasteiger charge is -2.11. The van der Waals surface area contributed by atoms with Gasteiger partial charge < -0.3 is 10.4 Å². The van der Waals surface area contributed by atoms with Gasteiger partial charge in [0.05, 0.1) is 11.8 Å². The molecule has 36 heavy (non-hydrogen) atoms. The number of azo groups is 1. The number of hydrogen-bond acceptors (Lipinski definition) is 8. The van der Waals surface area contributed by atoms with Crippen LogP contribution in [-0.2, 0) is 0 Å². The van der Waals surface area contributed by atoms with Crippen LogP contribution in [0.1, 0.15) is 22.3 Å². The number of carbonyl (C=O) groups is 1. The molecular weight excluding hydrogens is 480 g/mol. The van der Waals surface area contributed by atoms with Crippen molar-refractivity contribution in [1.82, 2.24) is 9.78 Å². The Labute approximate surface area is 209 Å². The predicted molar refractivity (Wildman–Crippen MR) is 137 cm³/mol. The average Bonchev–Trinajstić information content (AvgIpc) is 3.32. The first-order valence-corrected chi connectivity index (χ1v) is 11.2. The number of nitrogens with zero attached hydrogens (tertiary/aromatic N) is 7. The monoisotopic (exact) mass is 496 g/mol. The number of phenols is 1. The highest BCUT2D eigenvalue weighted by molar-refractivity contribution is 6.30. The molecule has 5 rings (SSSR count). The molecule has 2 N–H and O–H groups in total. The topological polar surface area (TPSA) is 140 Å². The molecule has 176 valence electrons. The van der Waals surface area contributed by atoms with Gasteiger partial charge in [-0.05, 0) is 35.7 Å². The number of anilines is 1. The van der Waals surface area contributed by atoms with Crippen LogP contribution < -0.4 is 5.32 Å². The quantitative estimate of drug-likeness (QED) is 0.354. The average molecular weight is 497 g/mol.